The Labute approximate surface area is 180 Å². The number of carbonyl (C=O) groups excluding carboxylic acids is 1. The monoisotopic (exact) mass is 487 g/mol. The maximum absolute atomic E-state index is 12.0. The number of guanidine groups is 1. The van der Waals surface area contributed by atoms with Gasteiger partial charge in [0.05, 0.1) is 6.54 Å². The Balaban J connectivity index is 0.00000364. The number of carbonyl (C=O) groups is 1. The van der Waals surface area contributed by atoms with Gasteiger partial charge in [0.25, 0.3) is 0 Å². The van der Waals surface area contributed by atoms with Crippen LogP contribution in [0.2, 0.25) is 0 Å². The van der Waals surface area contributed by atoms with E-state index in [4.69, 9.17) is 5.73 Å². The summed E-state index contributed by atoms with van der Waals surface area (Å²) in [6.45, 7) is 11.1. The van der Waals surface area contributed by atoms with Gasteiger partial charge in [-0.15, -0.1) is 24.0 Å². The third-order valence-corrected chi connectivity index (χ3v) is 4.43. The molecule has 6 nitrogen and oxygen atoms in total. The van der Waals surface area contributed by atoms with Crippen molar-refractivity contribution in [3.8, 4) is 0 Å². The largest absolute Gasteiger partial charge is 0.370 e. The Hall–Kier alpha value is -1.35. The number of hydrogen-bond acceptors (Lipinski definition) is 3. The molecule has 0 spiro atoms. The summed E-state index contributed by atoms with van der Waals surface area (Å²) in [5, 5.41) is 6.15. The van der Waals surface area contributed by atoms with Crippen LogP contribution in [0.5, 0.6) is 0 Å². The molecule has 1 aromatic rings. The van der Waals surface area contributed by atoms with Crippen LogP contribution in [0.3, 0.4) is 0 Å². The molecular weight excluding hydrogens is 453 g/mol. The summed E-state index contributed by atoms with van der Waals surface area (Å²) in [4.78, 5) is 18.7. The van der Waals surface area contributed by atoms with Gasteiger partial charge in [0.2, 0.25) is 5.91 Å². The first kappa shape index (κ1) is 23.7. The summed E-state index contributed by atoms with van der Waals surface area (Å²) >= 11 is 0. The van der Waals surface area contributed by atoms with Crippen LogP contribution in [0.15, 0.2) is 29.3 Å². The van der Waals surface area contributed by atoms with Gasteiger partial charge in [-0.25, -0.2) is 0 Å². The SMILES string of the molecule is Cc1ccc(NC(N)=NCC2CCN(CC(=O)NC(C)(C)C)CC2)cc1.I. The highest BCUT2D eigenvalue weighted by molar-refractivity contribution is 14.0. The summed E-state index contributed by atoms with van der Waals surface area (Å²) < 4.78 is 0. The van der Waals surface area contributed by atoms with E-state index in [1.165, 1.54) is 5.56 Å². The number of nitrogens with one attached hydrogen (secondary N) is 2. The number of anilines is 1. The molecule has 1 aliphatic heterocycles. The zero-order chi connectivity index (χ0) is 19.2. The second-order valence-corrected chi connectivity index (χ2v) is 8.23. The average molecular weight is 487 g/mol. The van der Waals surface area contributed by atoms with Gasteiger partial charge in [-0.2, -0.15) is 0 Å². The molecule has 1 fully saturated rings. The second-order valence-electron chi connectivity index (χ2n) is 8.23. The highest BCUT2D eigenvalue weighted by Gasteiger charge is 2.22. The number of nitrogens with zero attached hydrogens (tertiary/aromatic N) is 2. The minimum Gasteiger partial charge on any atom is -0.370 e. The fourth-order valence-corrected chi connectivity index (χ4v) is 3.04. The molecule has 7 heteroatoms. The Morgan fingerprint density at radius 1 is 1.22 bits per heavy atom. The third-order valence-electron chi connectivity index (χ3n) is 4.43. The maximum atomic E-state index is 12.0. The van der Waals surface area contributed by atoms with Gasteiger partial charge in [-0.05, 0) is 71.7 Å². The van der Waals surface area contributed by atoms with E-state index < -0.39 is 0 Å². The molecule has 0 radical (unpaired) electrons. The van der Waals surface area contributed by atoms with Gasteiger partial charge in [0.1, 0.15) is 0 Å². The van der Waals surface area contributed by atoms with Crippen molar-refractivity contribution in [3.05, 3.63) is 29.8 Å². The van der Waals surface area contributed by atoms with Crippen molar-refractivity contribution in [3.63, 3.8) is 0 Å². The summed E-state index contributed by atoms with van der Waals surface area (Å²) in [6, 6.07) is 8.08. The minimum absolute atomic E-state index is 0. The fraction of sp³-hybridized carbons (Fsp3) is 0.600. The summed E-state index contributed by atoms with van der Waals surface area (Å²) in [5.74, 6) is 1.08. The molecule has 152 valence electrons. The molecule has 1 heterocycles. The van der Waals surface area contributed by atoms with E-state index in [0.717, 1.165) is 38.2 Å². The van der Waals surface area contributed by atoms with Crippen LogP contribution in [0.25, 0.3) is 0 Å². The van der Waals surface area contributed by atoms with Crippen LogP contribution >= 0.6 is 24.0 Å². The van der Waals surface area contributed by atoms with Crippen LogP contribution in [0.4, 0.5) is 5.69 Å². The van der Waals surface area contributed by atoms with E-state index in [1.807, 2.05) is 45.0 Å². The van der Waals surface area contributed by atoms with E-state index in [9.17, 15) is 4.79 Å². The number of amides is 1. The number of aryl methyl sites for hydroxylation is 1. The maximum Gasteiger partial charge on any atom is 0.234 e. The van der Waals surface area contributed by atoms with Crippen molar-refractivity contribution in [1.29, 1.82) is 0 Å². The van der Waals surface area contributed by atoms with E-state index in [1.54, 1.807) is 0 Å². The molecule has 0 bridgehead atoms. The highest BCUT2D eigenvalue weighted by Crippen LogP contribution is 2.17. The number of hydrogen-bond donors (Lipinski definition) is 3. The lowest BCUT2D eigenvalue weighted by Gasteiger charge is -2.31. The molecule has 2 rings (SSSR count). The van der Waals surface area contributed by atoms with Crippen LogP contribution in [-0.2, 0) is 4.79 Å². The van der Waals surface area contributed by atoms with Gasteiger partial charge in [0.15, 0.2) is 5.96 Å². The van der Waals surface area contributed by atoms with E-state index >= 15 is 0 Å². The lowest BCUT2D eigenvalue weighted by atomic mass is 9.97. The third kappa shape index (κ3) is 9.41. The van der Waals surface area contributed by atoms with Gasteiger partial charge >= 0.3 is 0 Å². The quantitative estimate of drug-likeness (QED) is 0.339. The molecule has 0 atom stereocenters. The van der Waals surface area contributed by atoms with Gasteiger partial charge in [-0.1, -0.05) is 17.7 Å². The topological polar surface area (TPSA) is 82.8 Å². The Bertz CT molecular complexity index is 616. The number of likely N-dealkylation sites (tertiary alicyclic amines) is 1. The van der Waals surface area contributed by atoms with Crippen molar-refractivity contribution < 1.29 is 4.79 Å². The van der Waals surface area contributed by atoms with E-state index in [-0.39, 0.29) is 35.4 Å². The number of piperidine rings is 1. The van der Waals surface area contributed by atoms with Crippen molar-refractivity contribution in [2.75, 3.05) is 31.5 Å². The Kier molecular flexibility index (Phi) is 9.52. The second kappa shape index (κ2) is 10.8. The zero-order valence-electron chi connectivity index (χ0n) is 16.9. The molecule has 4 N–H and O–H groups in total. The van der Waals surface area contributed by atoms with Gasteiger partial charge in [-0.3, -0.25) is 14.7 Å². The predicted molar refractivity (Wildman–Crippen MR) is 124 cm³/mol. The van der Waals surface area contributed by atoms with Crippen molar-refractivity contribution in [1.82, 2.24) is 10.2 Å². The fourth-order valence-electron chi connectivity index (χ4n) is 3.04. The average Bonchev–Trinajstić information content (AvgIpc) is 2.54. The minimum atomic E-state index is -0.175. The Morgan fingerprint density at radius 3 is 2.37 bits per heavy atom. The summed E-state index contributed by atoms with van der Waals surface area (Å²) in [7, 11) is 0. The first-order chi connectivity index (χ1) is 12.2. The smallest absolute Gasteiger partial charge is 0.234 e. The molecule has 0 saturated carbocycles. The van der Waals surface area contributed by atoms with Crippen LogP contribution in [-0.4, -0.2) is 48.5 Å². The number of rotatable bonds is 5. The number of aliphatic imine (C=N–C) groups is 1. The van der Waals surface area contributed by atoms with Crippen LogP contribution in [0, 0.1) is 12.8 Å². The molecule has 0 aromatic heterocycles. The van der Waals surface area contributed by atoms with Gasteiger partial charge in [0, 0.05) is 17.8 Å². The molecule has 1 saturated heterocycles. The van der Waals surface area contributed by atoms with Crippen molar-refractivity contribution in [2.24, 2.45) is 16.6 Å². The van der Waals surface area contributed by atoms with Crippen LogP contribution < -0.4 is 16.4 Å². The molecule has 27 heavy (non-hydrogen) atoms. The first-order valence-corrected chi connectivity index (χ1v) is 9.38. The van der Waals surface area contributed by atoms with Crippen LogP contribution in [0.1, 0.15) is 39.2 Å². The standard InChI is InChI=1S/C20H33N5O.HI/c1-15-5-7-17(8-6-15)23-19(21)22-13-16-9-11-25(12-10-16)14-18(26)24-20(2,3)4;/h5-8,16H,9-14H2,1-4H3,(H,24,26)(H3,21,22,23);1H. The van der Waals surface area contributed by atoms with Crippen molar-refractivity contribution >= 4 is 41.5 Å². The number of halogens is 1. The highest BCUT2D eigenvalue weighted by atomic mass is 127. The predicted octanol–water partition coefficient (Wildman–Crippen LogP) is 2.97. The number of nitrogens with two attached hydrogens (primary N) is 1. The molecule has 1 aliphatic rings. The first-order valence-electron chi connectivity index (χ1n) is 9.38. The Morgan fingerprint density at radius 2 is 1.81 bits per heavy atom. The summed E-state index contributed by atoms with van der Waals surface area (Å²) in [5.41, 5.74) is 7.99. The molecule has 1 aromatic carbocycles. The summed E-state index contributed by atoms with van der Waals surface area (Å²) in [6.07, 6.45) is 2.09. The van der Waals surface area contributed by atoms with Crippen molar-refractivity contribution in [2.45, 2.75) is 46.1 Å². The lowest BCUT2D eigenvalue weighted by Crippen LogP contribution is -2.47. The molecule has 0 unspecified atom stereocenters. The normalized spacial score (nSPS) is 16.5. The molecular formula is C20H34IN5O. The van der Waals surface area contributed by atoms with E-state index in [0.29, 0.717) is 18.4 Å². The molecule has 1 amide bonds. The molecule has 0 aliphatic carbocycles. The van der Waals surface area contributed by atoms with Gasteiger partial charge < -0.3 is 16.4 Å². The van der Waals surface area contributed by atoms with E-state index in [2.05, 4.69) is 27.4 Å². The zero-order valence-corrected chi connectivity index (χ0v) is 19.2. The number of benzene rings is 1. The lowest BCUT2D eigenvalue weighted by molar-refractivity contribution is -0.124.